The number of anilines is 3. The summed E-state index contributed by atoms with van der Waals surface area (Å²) in [4.78, 5) is 6.69. The van der Waals surface area contributed by atoms with E-state index in [1.54, 1.807) is 0 Å². The van der Waals surface area contributed by atoms with Crippen molar-refractivity contribution < 1.29 is 8.85 Å². The van der Waals surface area contributed by atoms with E-state index in [4.69, 9.17) is 8.85 Å². The van der Waals surface area contributed by atoms with Crippen LogP contribution in [-0.4, -0.2) is 16.2 Å². The minimum Gasteiger partial charge on any atom is -0.457 e. The molecular weight excluding hydrogens is 480 g/mol. The zero-order valence-corrected chi connectivity index (χ0v) is 22.1. The monoisotopic (exact) mass is 513 g/mol. The molecule has 5 nitrogen and oxygen atoms in total. The molecule has 0 aliphatic carbocycles. The second-order valence-corrected chi connectivity index (χ2v) is 10.8. The van der Waals surface area contributed by atoms with Gasteiger partial charge in [0.15, 0.2) is 0 Å². The first-order valence-electron chi connectivity index (χ1n) is 14.6. The molecule has 3 heterocycles. The molecule has 0 unspecified atom stereocenters. The Morgan fingerprint density at radius 2 is 1.64 bits per heavy atom. The van der Waals surface area contributed by atoms with E-state index in [1.165, 1.54) is 0 Å². The van der Waals surface area contributed by atoms with Crippen molar-refractivity contribution >= 4 is 38.9 Å². The van der Waals surface area contributed by atoms with Gasteiger partial charge in [-0.1, -0.05) is 57.2 Å². The van der Waals surface area contributed by atoms with Gasteiger partial charge in [-0.3, -0.25) is 4.57 Å². The average molecular weight is 514 g/mol. The first-order chi connectivity index (χ1) is 20.2. The van der Waals surface area contributed by atoms with Crippen LogP contribution in [0.3, 0.4) is 0 Å². The summed E-state index contributed by atoms with van der Waals surface area (Å²) < 4.78 is 34.5. The Labute approximate surface area is 232 Å². The van der Waals surface area contributed by atoms with Crippen molar-refractivity contribution in [3.63, 3.8) is 0 Å². The van der Waals surface area contributed by atoms with Crippen LogP contribution < -0.4 is 15.0 Å². The molecule has 2 aromatic heterocycles. The largest absolute Gasteiger partial charge is 0.457 e. The summed E-state index contributed by atoms with van der Waals surface area (Å²) in [6, 6.07) is 30.4. The highest BCUT2D eigenvalue weighted by atomic mass is 16.5. The first kappa shape index (κ1) is 20.2. The van der Waals surface area contributed by atoms with E-state index >= 15 is 0 Å². The third-order valence-corrected chi connectivity index (χ3v) is 7.17. The van der Waals surface area contributed by atoms with Gasteiger partial charge in [-0.25, -0.2) is 4.98 Å². The molecule has 0 bridgehead atoms. The van der Waals surface area contributed by atoms with Crippen LogP contribution in [0.15, 0.2) is 109 Å². The highest BCUT2D eigenvalue weighted by molar-refractivity contribution is 6.09. The first-order valence-corrected chi connectivity index (χ1v) is 13.1. The maximum Gasteiger partial charge on any atom is 0.137 e. The van der Waals surface area contributed by atoms with E-state index in [0.717, 1.165) is 38.9 Å². The molecule has 6 aromatic rings. The molecule has 5 heteroatoms. The zero-order chi connectivity index (χ0) is 29.2. The number of pyridine rings is 1. The predicted molar refractivity (Wildman–Crippen MR) is 161 cm³/mol. The van der Waals surface area contributed by atoms with Gasteiger partial charge in [-0.2, -0.15) is 0 Å². The van der Waals surface area contributed by atoms with Crippen molar-refractivity contribution in [2.75, 3.05) is 16.9 Å². The lowest BCUT2D eigenvalue weighted by Crippen LogP contribution is -2.16. The van der Waals surface area contributed by atoms with Gasteiger partial charge in [0.05, 0.1) is 33.2 Å². The van der Waals surface area contributed by atoms with Gasteiger partial charge >= 0.3 is 0 Å². The lowest BCUT2D eigenvalue weighted by atomic mass is 9.88. The summed E-state index contributed by atoms with van der Waals surface area (Å²) in [5, 5.41) is 5.44. The fourth-order valence-corrected chi connectivity index (χ4v) is 5.22. The standard InChI is InChI=1S/C34H30N4O/c1-34(2,3)23-17-18-35-33(19-23)38-30-13-6-4-11-27(30)28-16-15-26(21-32(28)38)39-25-10-8-9-24(20-25)37-22-36-29-12-5-7-14-31(29)37/h4-21,36H,22H2,1-3H3/i17D,18D,19D. The minimum atomic E-state index is -0.495. The Kier molecular flexibility index (Phi) is 4.62. The van der Waals surface area contributed by atoms with Crippen LogP contribution in [-0.2, 0) is 5.41 Å². The summed E-state index contributed by atoms with van der Waals surface area (Å²) >= 11 is 0. The van der Waals surface area contributed by atoms with Crippen LogP contribution in [0.25, 0.3) is 27.6 Å². The number of benzene rings is 4. The molecule has 0 saturated carbocycles. The van der Waals surface area contributed by atoms with Crippen molar-refractivity contribution in [3.05, 3.63) is 115 Å². The molecular formula is C34H30N4O. The molecule has 1 N–H and O–H groups in total. The number of nitrogens with one attached hydrogen (secondary N) is 1. The van der Waals surface area contributed by atoms with E-state index < -0.39 is 5.41 Å². The van der Waals surface area contributed by atoms with Crippen LogP contribution in [0, 0.1) is 0 Å². The third-order valence-electron chi connectivity index (χ3n) is 7.17. The second-order valence-electron chi connectivity index (χ2n) is 10.8. The molecule has 0 amide bonds. The Morgan fingerprint density at radius 3 is 2.54 bits per heavy atom. The Bertz CT molecular complexity index is 2010. The number of aromatic nitrogens is 2. The highest BCUT2D eigenvalue weighted by Gasteiger charge is 2.20. The predicted octanol–water partition coefficient (Wildman–Crippen LogP) is 8.79. The summed E-state index contributed by atoms with van der Waals surface area (Å²) in [7, 11) is 0. The van der Waals surface area contributed by atoms with Crippen LogP contribution >= 0.6 is 0 Å². The molecule has 7 rings (SSSR count). The Balaban J connectivity index is 1.35. The van der Waals surface area contributed by atoms with E-state index in [9.17, 15) is 0 Å². The van der Waals surface area contributed by atoms with E-state index in [-0.39, 0.29) is 18.3 Å². The zero-order valence-electron chi connectivity index (χ0n) is 25.1. The maximum absolute atomic E-state index is 9.13. The molecule has 0 spiro atoms. The highest BCUT2D eigenvalue weighted by Crippen LogP contribution is 2.39. The number of fused-ring (bicyclic) bond motifs is 4. The molecule has 0 atom stereocenters. The number of nitrogens with zero attached hydrogens (tertiary/aromatic N) is 3. The molecule has 1 aliphatic heterocycles. The second kappa shape index (κ2) is 8.91. The van der Waals surface area contributed by atoms with Gasteiger partial charge in [-0.15, -0.1) is 0 Å². The molecule has 0 radical (unpaired) electrons. The van der Waals surface area contributed by atoms with Gasteiger partial charge in [-0.05, 0) is 65.5 Å². The van der Waals surface area contributed by atoms with Crippen molar-refractivity contribution in [1.82, 2.24) is 9.55 Å². The smallest absolute Gasteiger partial charge is 0.137 e. The minimum absolute atomic E-state index is 0.00301. The van der Waals surface area contributed by atoms with Gasteiger partial charge in [0.1, 0.15) is 17.3 Å². The molecule has 4 aromatic carbocycles. The van der Waals surface area contributed by atoms with Crippen molar-refractivity contribution in [2.45, 2.75) is 26.2 Å². The normalized spacial score (nSPS) is 14.1. The van der Waals surface area contributed by atoms with E-state index in [2.05, 4.69) is 39.5 Å². The van der Waals surface area contributed by atoms with Crippen LogP contribution in [0.1, 0.15) is 30.4 Å². The number of para-hydroxylation sites is 3. The van der Waals surface area contributed by atoms with Crippen LogP contribution in [0.2, 0.25) is 0 Å². The molecule has 192 valence electrons. The maximum atomic E-state index is 9.13. The number of ether oxygens (including phenoxy) is 1. The topological polar surface area (TPSA) is 42.3 Å². The fourth-order valence-electron chi connectivity index (χ4n) is 5.22. The SMILES string of the molecule is [2H]c1nc(-n2c3ccccc3c3ccc(Oc4cccc(N5CNc6ccccc65)c4)cc32)c([2H])c(C(C)(C)C)c1[2H]. The van der Waals surface area contributed by atoms with Crippen LogP contribution in [0.4, 0.5) is 17.1 Å². The Hall–Kier alpha value is -4.77. The molecule has 1 aliphatic rings. The average Bonchev–Trinajstić information content (AvgIpc) is 3.54. The van der Waals surface area contributed by atoms with Crippen LogP contribution in [0.5, 0.6) is 11.5 Å². The molecule has 0 saturated heterocycles. The van der Waals surface area contributed by atoms with Crippen molar-refractivity contribution in [3.8, 4) is 17.3 Å². The van der Waals surface area contributed by atoms with Gasteiger partial charge in [0.25, 0.3) is 0 Å². The summed E-state index contributed by atoms with van der Waals surface area (Å²) in [6.45, 7) is 6.57. The quantitative estimate of drug-likeness (QED) is 0.256. The molecule has 0 fully saturated rings. The van der Waals surface area contributed by atoms with Gasteiger partial charge in [0, 0.05) is 34.8 Å². The summed E-state index contributed by atoms with van der Waals surface area (Å²) in [6.07, 6.45) is -0.140. The number of hydrogen-bond donors (Lipinski definition) is 1. The van der Waals surface area contributed by atoms with Gasteiger partial charge in [0.2, 0.25) is 0 Å². The van der Waals surface area contributed by atoms with Crippen molar-refractivity contribution in [1.29, 1.82) is 0 Å². The molecule has 39 heavy (non-hydrogen) atoms. The van der Waals surface area contributed by atoms with Gasteiger partial charge < -0.3 is 15.0 Å². The fraction of sp³-hybridized carbons (Fsp3) is 0.147. The van der Waals surface area contributed by atoms with Crippen molar-refractivity contribution in [2.24, 2.45) is 0 Å². The summed E-state index contributed by atoms with van der Waals surface area (Å²) in [5.74, 6) is 1.70. The third kappa shape index (κ3) is 4.07. The number of hydrogen-bond acceptors (Lipinski definition) is 4. The lowest BCUT2D eigenvalue weighted by Gasteiger charge is -2.20. The number of rotatable bonds is 4. The van der Waals surface area contributed by atoms with E-state index in [1.807, 2.05) is 92.1 Å². The Morgan fingerprint density at radius 1 is 0.846 bits per heavy atom. The lowest BCUT2D eigenvalue weighted by molar-refractivity contribution is 0.483. The van der Waals surface area contributed by atoms with E-state index in [0.29, 0.717) is 29.5 Å². The summed E-state index contributed by atoms with van der Waals surface area (Å²) in [5.41, 5.74) is 4.97.